The van der Waals surface area contributed by atoms with Gasteiger partial charge in [-0.2, -0.15) is 0 Å². The second-order valence-electron chi connectivity index (χ2n) is 5.04. The molecule has 0 aliphatic heterocycles. The number of nitrogens with zero attached hydrogens (tertiary/aromatic N) is 1. The zero-order valence-corrected chi connectivity index (χ0v) is 13.7. The van der Waals surface area contributed by atoms with Crippen LogP contribution in [0.1, 0.15) is 32.8 Å². The van der Waals surface area contributed by atoms with Crippen molar-refractivity contribution in [2.45, 2.75) is 45.1 Å². The number of aryl methyl sites for hydroxylation is 1. The number of nitrogens with one attached hydrogen (secondary N) is 1. The third-order valence-corrected chi connectivity index (χ3v) is 4.43. The lowest BCUT2D eigenvalue weighted by Gasteiger charge is -2.15. The van der Waals surface area contributed by atoms with Crippen molar-refractivity contribution in [3.8, 4) is 0 Å². The molecule has 116 valence electrons. The first-order valence-electron chi connectivity index (χ1n) is 6.90. The summed E-state index contributed by atoms with van der Waals surface area (Å²) in [5.41, 5.74) is 7.20. The molecule has 6 heteroatoms. The Morgan fingerprint density at radius 3 is 2.62 bits per heavy atom. The van der Waals surface area contributed by atoms with Crippen molar-refractivity contribution in [2.24, 2.45) is 4.99 Å². The van der Waals surface area contributed by atoms with E-state index >= 15 is 0 Å². The van der Waals surface area contributed by atoms with E-state index in [-0.39, 0.29) is 16.6 Å². The number of nitrogen functional groups attached to an aromatic ring is 1. The van der Waals surface area contributed by atoms with E-state index in [2.05, 4.69) is 9.71 Å². The molecule has 0 amide bonds. The quantitative estimate of drug-likeness (QED) is 0.626. The molecule has 0 fully saturated rings. The molecular formula is C15H23N3O2S. The van der Waals surface area contributed by atoms with Crippen molar-refractivity contribution >= 4 is 27.6 Å². The highest BCUT2D eigenvalue weighted by molar-refractivity contribution is 7.89. The van der Waals surface area contributed by atoms with Crippen molar-refractivity contribution < 1.29 is 8.42 Å². The number of allylic oxidation sites excluding steroid dienone is 2. The highest BCUT2D eigenvalue weighted by atomic mass is 32.2. The van der Waals surface area contributed by atoms with Gasteiger partial charge in [-0.05, 0) is 44.9 Å². The number of sulfonamides is 1. The summed E-state index contributed by atoms with van der Waals surface area (Å²) in [5, 5.41) is 0. The molecular weight excluding hydrogens is 286 g/mol. The van der Waals surface area contributed by atoms with Gasteiger partial charge in [0, 0.05) is 12.3 Å². The second kappa shape index (κ2) is 7.38. The van der Waals surface area contributed by atoms with Gasteiger partial charge in [-0.15, -0.1) is 0 Å². The van der Waals surface area contributed by atoms with Crippen LogP contribution in [0.25, 0.3) is 0 Å². The molecule has 0 saturated heterocycles. The first-order valence-corrected chi connectivity index (χ1v) is 8.38. The lowest BCUT2D eigenvalue weighted by molar-refractivity contribution is 0.570. The fraction of sp³-hybridized carbons (Fsp3) is 0.400. The molecule has 0 heterocycles. The monoisotopic (exact) mass is 309 g/mol. The van der Waals surface area contributed by atoms with Gasteiger partial charge in [-0.3, -0.25) is 4.99 Å². The van der Waals surface area contributed by atoms with E-state index in [4.69, 9.17) is 5.73 Å². The van der Waals surface area contributed by atoms with Crippen LogP contribution in [0.2, 0.25) is 0 Å². The highest BCUT2D eigenvalue weighted by Gasteiger charge is 2.23. The summed E-state index contributed by atoms with van der Waals surface area (Å²) in [4.78, 5) is 4.31. The Hall–Kier alpha value is -1.66. The summed E-state index contributed by atoms with van der Waals surface area (Å²) in [7, 11) is -3.70. The lowest BCUT2D eigenvalue weighted by Crippen LogP contribution is -2.31. The van der Waals surface area contributed by atoms with Crippen LogP contribution in [0.4, 0.5) is 11.4 Å². The molecule has 0 aliphatic carbocycles. The zero-order valence-electron chi connectivity index (χ0n) is 12.9. The van der Waals surface area contributed by atoms with Crippen LogP contribution in [-0.4, -0.2) is 20.7 Å². The first-order chi connectivity index (χ1) is 9.79. The van der Waals surface area contributed by atoms with Gasteiger partial charge in [-0.25, -0.2) is 13.1 Å². The number of rotatable bonds is 6. The van der Waals surface area contributed by atoms with Crippen molar-refractivity contribution in [3.63, 3.8) is 0 Å². The second-order valence-corrected chi connectivity index (χ2v) is 6.69. The molecule has 0 radical (unpaired) electrons. The molecule has 1 aromatic carbocycles. The number of nitrogens with two attached hydrogens (primary N) is 1. The van der Waals surface area contributed by atoms with E-state index in [9.17, 15) is 8.42 Å². The van der Waals surface area contributed by atoms with Gasteiger partial charge < -0.3 is 5.73 Å². The number of aliphatic imine (C=N–C) groups is 1. The van der Waals surface area contributed by atoms with Gasteiger partial charge in [0.2, 0.25) is 10.0 Å². The van der Waals surface area contributed by atoms with Crippen LogP contribution in [0, 0.1) is 6.92 Å². The van der Waals surface area contributed by atoms with Crippen molar-refractivity contribution in [2.75, 3.05) is 5.73 Å². The fourth-order valence-electron chi connectivity index (χ4n) is 1.81. The van der Waals surface area contributed by atoms with Gasteiger partial charge in [0.15, 0.2) is 0 Å². The topological polar surface area (TPSA) is 84.5 Å². The van der Waals surface area contributed by atoms with Gasteiger partial charge in [0.1, 0.15) is 4.90 Å². The minimum atomic E-state index is -3.70. The van der Waals surface area contributed by atoms with Gasteiger partial charge in [0.25, 0.3) is 0 Å². The number of benzene rings is 1. The Kier molecular flexibility index (Phi) is 6.11. The maximum Gasteiger partial charge on any atom is 0.245 e. The summed E-state index contributed by atoms with van der Waals surface area (Å²) >= 11 is 0. The Morgan fingerprint density at radius 1 is 1.38 bits per heavy atom. The molecule has 3 N–H and O–H groups in total. The first kappa shape index (κ1) is 17.4. The van der Waals surface area contributed by atoms with Crippen LogP contribution in [-0.2, 0) is 10.0 Å². The molecule has 5 nitrogen and oxygen atoms in total. The minimum Gasteiger partial charge on any atom is -0.398 e. The van der Waals surface area contributed by atoms with E-state index < -0.39 is 10.0 Å². The van der Waals surface area contributed by atoms with E-state index in [1.807, 2.05) is 19.9 Å². The number of anilines is 1. The zero-order chi connectivity index (χ0) is 16.0. The van der Waals surface area contributed by atoms with Crippen molar-refractivity contribution in [3.05, 3.63) is 29.8 Å². The van der Waals surface area contributed by atoms with Crippen LogP contribution >= 0.6 is 0 Å². The molecule has 0 unspecified atom stereocenters. The molecule has 1 rings (SSSR count). The van der Waals surface area contributed by atoms with Crippen LogP contribution in [0.5, 0.6) is 0 Å². The third kappa shape index (κ3) is 4.68. The Balaban J connectivity index is 3.40. The fourth-order valence-corrected chi connectivity index (χ4v) is 3.40. The summed E-state index contributed by atoms with van der Waals surface area (Å²) in [6, 6.07) is 3.14. The van der Waals surface area contributed by atoms with Crippen LogP contribution in [0.3, 0.4) is 0 Å². The van der Waals surface area contributed by atoms with Crippen molar-refractivity contribution in [1.82, 2.24) is 4.72 Å². The average molecular weight is 309 g/mol. The number of hydrogen-bond donors (Lipinski definition) is 2. The predicted octanol–water partition coefficient (Wildman–Crippen LogP) is 2.93. The van der Waals surface area contributed by atoms with Crippen LogP contribution in [0.15, 0.2) is 34.2 Å². The average Bonchev–Trinajstić information content (AvgIpc) is 2.36. The molecule has 0 atom stereocenters. The smallest absolute Gasteiger partial charge is 0.245 e. The standard InChI is InChI=1S/C15H23N3O2S/c1-5-6-7-10-17-14-12(4)8-9-13(16)15(14)21(19,20)18-11(2)3/h6-11,18H,5,16H2,1-4H3/b7-6+,17-10?. The normalized spacial score (nSPS) is 12.8. The molecule has 0 bridgehead atoms. The third-order valence-electron chi connectivity index (χ3n) is 2.68. The Morgan fingerprint density at radius 2 is 2.05 bits per heavy atom. The minimum absolute atomic E-state index is 0.0392. The van der Waals surface area contributed by atoms with E-state index in [1.54, 1.807) is 38.3 Å². The lowest BCUT2D eigenvalue weighted by atomic mass is 10.2. The predicted molar refractivity (Wildman–Crippen MR) is 88.6 cm³/mol. The van der Waals surface area contributed by atoms with Gasteiger partial charge >= 0.3 is 0 Å². The van der Waals surface area contributed by atoms with E-state index in [0.29, 0.717) is 5.69 Å². The maximum absolute atomic E-state index is 12.4. The molecule has 21 heavy (non-hydrogen) atoms. The van der Waals surface area contributed by atoms with Gasteiger partial charge in [-0.1, -0.05) is 19.1 Å². The summed E-state index contributed by atoms with van der Waals surface area (Å²) < 4.78 is 27.4. The van der Waals surface area contributed by atoms with Crippen LogP contribution < -0.4 is 10.5 Å². The molecule has 0 aromatic heterocycles. The molecule has 1 aromatic rings. The van der Waals surface area contributed by atoms with Gasteiger partial charge in [0.05, 0.1) is 11.4 Å². The van der Waals surface area contributed by atoms with E-state index in [0.717, 1.165) is 12.0 Å². The Labute approximate surface area is 127 Å². The molecule has 0 saturated carbocycles. The molecule has 0 spiro atoms. The summed E-state index contributed by atoms with van der Waals surface area (Å²) in [6.07, 6.45) is 6.20. The van der Waals surface area contributed by atoms with Crippen molar-refractivity contribution in [1.29, 1.82) is 0 Å². The summed E-state index contributed by atoms with van der Waals surface area (Å²) in [5.74, 6) is 0. The SMILES string of the molecule is CC/C=C/C=Nc1c(C)ccc(N)c1S(=O)(=O)NC(C)C. The highest BCUT2D eigenvalue weighted by Crippen LogP contribution is 2.33. The number of hydrogen-bond acceptors (Lipinski definition) is 4. The maximum atomic E-state index is 12.4. The largest absolute Gasteiger partial charge is 0.398 e. The van der Waals surface area contributed by atoms with E-state index in [1.165, 1.54) is 0 Å². The molecule has 0 aliphatic rings. The summed E-state index contributed by atoms with van der Waals surface area (Å²) in [6.45, 7) is 7.34. The Bertz CT molecular complexity index is 647.